The third-order valence-corrected chi connectivity index (χ3v) is 6.11. The van der Waals surface area contributed by atoms with Crippen molar-refractivity contribution >= 4 is 40.4 Å². The molecule has 1 aromatic carbocycles. The maximum Gasteiger partial charge on any atom is 0.187 e. The fraction of sp³-hybridized carbons (Fsp3) is 0.235. The second-order valence-electron chi connectivity index (χ2n) is 5.80. The van der Waals surface area contributed by atoms with Crippen molar-refractivity contribution in [3.8, 4) is 21.8 Å². The van der Waals surface area contributed by atoms with Crippen molar-refractivity contribution in [2.75, 3.05) is 12.0 Å². The normalized spacial score (nSPS) is 14.0. The molecule has 2 N–H and O–H groups in total. The van der Waals surface area contributed by atoms with Crippen LogP contribution in [0.4, 0.5) is 10.1 Å². The van der Waals surface area contributed by atoms with Gasteiger partial charge in [0.1, 0.15) is 5.82 Å². The quantitative estimate of drug-likeness (QED) is 0.373. The van der Waals surface area contributed by atoms with Crippen LogP contribution >= 0.6 is 34.7 Å². The molecule has 0 bridgehead atoms. The Balaban J connectivity index is 1.93. The van der Waals surface area contributed by atoms with E-state index >= 15 is 0 Å². The fourth-order valence-corrected chi connectivity index (χ4v) is 4.32. The van der Waals surface area contributed by atoms with E-state index in [1.807, 2.05) is 12.3 Å². The van der Waals surface area contributed by atoms with Crippen molar-refractivity contribution in [1.29, 1.82) is 0 Å². The molecule has 2 aromatic heterocycles. The molecule has 0 saturated heterocycles. The van der Waals surface area contributed by atoms with Crippen LogP contribution < -0.4 is 5.73 Å². The molecular formula is C17H14ClFN4S2. The Hall–Kier alpha value is -1.70. The molecule has 0 spiro atoms. The van der Waals surface area contributed by atoms with Gasteiger partial charge in [0.15, 0.2) is 5.16 Å². The van der Waals surface area contributed by atoms with Crippen molar-refractivity contribution in [2.24, 2.45) is 0 Å². The number of anilines is 1. The molecule has 1 aliphatic rings. The average molecular weight is 393 g/mol. The molecule has 0 amide bonds. The molecule has 0 unspecified atom stereocenters. The number of rotatable bonds is 4. The highest BCUT2D eigenvalue weighted by molar-refractivity contribution is 7.98. The molecule has 4 rings (SSSR count). The number of nitrogen functional groups attached to an aromatic ring is 1. The van der Waals surface area contributed by atoms with Gasteiger partial charge in [0, 0.05) is 23.4 Å². The summed E-state index contributed by atoms with van der Waals surface area (Å²) in [5, 5.41) is 1.74. The minimum absolute atomic E-state index is 0.0299. The molecule has 128 valence electrons. The number of halogens is 2. The lowest BCUT2D eigenvalue weighted by Crippen LogP contribution is -1.94. The summed E-state index contributed by atoms with van der Waals surface area (Å²) in [6.07, 6.45) is 5.90. The fourth-order valence-electron chi connectivity index (χ4n) is 2.55. The zero-order chi connectivity index (χ0) is 17.6. The number of nitrogens with zero attached hydrogens (tertiary/aromatic N) is 3. The highest BCUT2D eigenvalue weighted by Gasteiger charge is 2.30. The molecule has 25 heavy (non-hydrogen) atoms. The Labute approximate surface area is 157 Å². The molecule has 0 radical (unpaired) electrons. The predicted octanol–water partition coefficient (Wildman–Crippen LogP) is 5.24. The topological polar surface area (TPSA) is 64.7 Å². The van der Waals surface area contributed by atoms with E-state index in [9.17, 15) is 4.39 Å². The van der Waals surface area contributed by atoms with Crippen LogP contribution in [0.3, 0.4) is 0 Å². The Kier molecular flexibility index (Phi) is 4.39. The summed E-state index contributed by atoms with van der Waals surface area (Å²) in [7, 11) is 0. The Morgan fingerprint density at radius 3 is 2.84 bits per heavy atom. The smallest absolute Gasteiger partial charge is 0.187 e. The van der Waals surface area contributed by atoms with Crippen molar-refractivity contribution in [1.82, 2.24) is 15.0 Å². The van der Waals surface area contributed by atoms with Gasteiger partial charge in [0.2, 0.25) is 0 Å². The lowest BCUT2D eigenvalue weighted by molar-refractivity contribution is 0.629. The van der Waals surface area contributed by atoms with Crippen LogP contribution in [0, 0.1) is 5.82 Å². The van der Waals surface area contributed by atoms with Crippen LogP contribution in [-0.4, -0.2) is 21.2 Å². The predicted molar refractivity (Wildman–Crippen MR) is 102 cm³/mol. The molecule has 1 aliphatic carbocycles. The van der Waals surface area contributed by atoms with Crippen LogP contribution in [-0.2, 0) is 0 Å². The Morgan fingerprint density at radius 2 is 2.12 bits per heavy atom. The monoisotopic (exact) mass is 392 g/mol. The minimum atomic E-state index is -0.545. The zero-order valence-electron chi connectivity index (χ0n) is 13.3. The van der Waals surface area contributed by atoms with Gasteiger partial charge in [0.05, 0.1) is 26.3 Å². The lowest BCUT2D eigenvalue weighted by Gasteiger charge is -2.07. The van der Waals surface area contributed by atoms with E-state index in [-0.39, 0.29) is 5.02 Å². The Bertz CT molecular complexity index is 956. The van der Waals surface area contributed by atoms with Crippen LogP contribution in [0.25, 0.3) is 21.8 Å². The highest BCUT2D eigenvalue weighted by Crippen LogP contribution is 2.48. The molecule has 1 fully saturated rings. The van der Waals surface area contributed by atoms with Gasteiger partial charge in [-0.25, -0.2) is 19.3 Å². The summed E-state index contributed by atoms with van der Waals surface area (Å²) in [5.41, 5.74) is 8.04. The first kappa shape index (κ1) is 16.8. The summed E-state index contributed by atoms with van der Waals surface area (Å²) in [4.78, 5) is 14.4. The standard InChI is InChI=1S/C17H14ClFN4S2/c1-24-17-21-5-4-12(22-17)15-14(23-16(25-15)8-2-3-8)10-6-9(20)7-11(19)13(10)18/h4-8H,2-3,20H2,1H3. The van der Waals surface area contributed by atoms with Gasteiger partial charge in [0.25, 0.3) is 0 Å². The molecule has 3 aromatic rings. The van der Waals surface area contributed by atoms with Crippen molar-refractivity contribution in [3.05, 3.63) is 40.2 Å². The Morgan fingerprint density at radius 1 is 1.32 bits per heavy atom. The largest absolute Gasteiger partial charge is 0.399 e. The molecule has 0 aliphatic heterocycles. The van der Waals surface area contributed by atoms with E-state index in [0.717, 1.165) is 28.4 Å². The zero-order valence-corrected chi connectivity index (χ0v) is 15.7. The second kappa shape index (κ2) is 6.55. The van der Waals surface area contributed by atoms with E-state index < -0.39 is 5.82 Å². The number of hydrogen-bond donors (Lipinski definition) is 1. The number of thiazole rings is 1. The van der Waals surface area contributed by atoms with Crippen molar-refractivity contribution in [3.63, 3.8) is 0 Å². The second-order valence-corrected chi connectivity index (χ2v) is 7.98. The summed E-state index contributed by atoms with van der Waals surface area (Å²) in [6.45, 7) is 0. The average Bonchev–Trinajstić information content (AvgIpc) is 3.37. The third kappa shape index (κ3) is 3.23. The maximum atomic E-state index is 14.1. The van der Waals surface area contributed by atoms with Crippen molar-refractivity contribution < 1.29 is 4.39 Å². The van der Waals surface area contributed by atoms with Gasteiger partial charge < -0.3 is 5.73 Å². The van der Waals surface area contributed by atoms with Gasteiger partial charge in [-0.1, -0.05) is 23.4 Å². The van der Waals surface area contributed by atoms with E-state index in [2.05, 4.69) is 9.97 Å². The summed E-state index contributed by atoms with van der Waals surface area (Å²) in [6, 6.07) is 4.72. The first-order chi connectivity index (χ1) is 12.1. The highest BCUT2D eigenvalue weighted by atomic mass is 35.5. The number of aromatic nitrogens is 3. The van der Waals surface area contributed by atoms with Gasteiger partial charge >= 0.3 is 0 Å². The minimum Gasteiger partial charge on any atom is -0.399 e. The number of hydrogen-bond acceptors (Lipinski definition) is 6. The molecule has 1 saturated carbocycles. The van der Waals surface area contributed by atoms with Gasteiger partial charge in [-0.05, 0) is 37.3 Å². The van der Waals surface area contributed by atoms with Crippen LogP contribution in [0.15, 0.2) is 29.6 Å². The summed E-state index contributed by atoms with van der Waals surface area (Å²) in [5.74, 6) is -0.0693. The SMILES string of the molecule is CSc1nccc(-c2sc(C3CC3)nc2-c2cc(N)cc(F)c2Cl)n1. The van der Waals surface area contributed by atoms with Crippen LogP contribution in [0.1, 0.15) is 23.8 Å². The summed E-state index contributed by atoms with van der Waals surface area (Å²) >= 11 is 9.27. The molecular weight excluding hydrogens is 379 g/mol. The molecule has 0 atom stereocenters. The first-order valence-electron chi connectivity index (χ1n) is 7.70. The van der Waals surface area contributed by atoms with E-state index in [1.165, 1.54) is 17.8 Å². The molecule has 8 heteroatoms. The van der Waals surface area contributed by atoms with E-state index in [4.69, 9.17) is 22.3 Å². The molecule has 2 heterocycles. The van der Waals surface area contributed by atoms with Crippen LogP contribution in [0.2, 0.25) is 5.02 Å². The lowest BCUT2D eigenvalue weighted by atomic mass is 10.1. The van der Waals surface area contributed by atoms with E-state index in [0.29, 0.717) is 28.0 Å². The van der Waals surface area contributed by atoms with Crippen molar-refractivity contribution in [2.45, 2.75) is 23.9 Å². The first-order valence-corrected chi connectivity index (χ1v) is 10.1. The number of thioether (sulfide) groups is 1. The van der Waals surface area contributed by atoms with Gasteiger partial charge in [-0.3, -0.25) is 0 Å². The van der Waals surface area contributed by atoms with Gasteiger partial charge in [-0.15, -0.1) is 11.3 Å². The molecule has 4 nitrogen and oxygen atoms in total. The van der Waals surface area contributed by atoms with Crippen LogP contribution in [0.5, 0.6) is 0 Å². The third-order valence-electron chi connectivity index (χ3n) is 3.92. The van der Waals surface area contributed by atoms with Gasteiger partial charge in [-0.2, -0.15) is 0 Å². The summed E-state index contributed by atoms with van der Waals surface area (Å²) < 4.78 is 14.1. The van der Waals surface area contributed by atoms with E-state index in [1.54, 1.807) is 23.6 Å². The maximum absolute atomic E-state index is 14.1. The number of nitrogens with two attached hydrogens (primary N) is 1. The number of benzene rings is 1.